The molecule has 1 amide bonds. The molecule has 6 nitrogen and oxygen atoms in total. The van der Waals surface area contributed by atoms with E-state index in [9.17, 15) is 14.9 Å². The van der Waals surface area contributed by atoms with Crippen LogP contribution in [0.4, 0.5) is 5.69 Å². The van der Waals surface area contributed by atoms with E-state index in [1.165, 1.54) is 12.1 Å². The fourth-order valence-corrected chi connectivity index (χ4v) is 2.46. The minimum atomic E-state index is -0.418. The van der Waals surface area contributed by atoms with Gasteiger partial charge in [0.2, 0.25) is 5.91 Å². The average molecular weight is 328 g/mol. The average Bonchev–Trinajstić information content (AvgIpc) is 2.39. The zero-order chi connectivity index (χ0) is 13.8. The molecule has 7 heteroatoms. The zero-order valence-corrected chi connectivity index (χ0v) is 11.8. The number of nitro benzene ring substituents is 1. The summed E-state index contributed by atoms with van der Waals surface area (Å²) in [5.74, 6) is 0.0922. The molecule has 1 saturated heterocycles. The van der Waals surface area contributed by atoms with Gasteiger partial charge < -0.3 is 10.6 Å². The normalized spacial score (nSPS) is 19.0. The quantitative estimate of drug-likeness (QED) is 0.651. The molecule has 0 saturated carbocycles. The number of hydrogen-bond acceptors (Lipinski definition) is 4. The van der Waals surface area contributed by atoms with E-state index in [1.807, 2.05) is 0 Å². The number of amides is 1. The minimum absolute atomic E-state index is 0.0700. The van der Waals surface area contributed by atoms with E-state index >= 15 is 0 Å². The zero-order valence-electron chi connectivity index (χ0n) is 10.2. The number of nitrogens with zero attached hydrogens (tertiary/aromatic N) is 1. The van der Waals surface area contributed by atoms with Crippen molar-refractivity contribution in [1.82, 2.24) is 10.6 Å². The highest BCUT2D eigenvalue weighted by Crippen LogP contribution is 2.23. The van der Waals surface area contributed by atoms with Gasteiger partial charge in [0.25, 0.3) is 5.69 Å². The van der Waals surface area contributed by atoms with Gasteiger partial charge in [-0.2, -0.15) is 0 Å². The largest absolute Gasteiger partial charge is 0.355 e. The van der Waals surface area contributed by atoms with E-state index in [-0.39, 0.29) is 17.6 Å². The van der Waals surface area contributed by atoms with E-state index < -0.39 is 4.92 Å². The summed E-state index contributed by atoms with van der Waals surface area (Å²) in [7, 11) is 0. The lowest BCUT2D eigenvalue weighted by Gasteiger charge is -2.23. The Balaban J connectivity index is 1.92. The van der Waals surface area contributed by atoms with Gasteiger partial charge in [-0.05, 0) is 18.1 Å². The van der Waals surface area contributed by atoms with Crippen molar-refractivity contribution in [1.29, 1.82) is 0 Å². The Morgan fingerprint density at radius 1 is 1.53 bits per heavy atom. The lowest BCUT2D eigenvalue weighted by molar-refractivity contribution is -0.384. The highest BCUT2D eigenvalue weighted by Gasteiger charge is 2.17. The van der Waals surface area contributed by atoms with Crippen molar-refractivity contribution in [2.75, 3.05) is 6.54 Å². The lowest BCUT2D eigenvalue weighted by atomic mass is 10.1. The Labute approximate surface area is 118 Å². The molecule has 0 aliphatic carbocycles. The highest BCUT2D eigenvalue weighted by molar-refractivity contribution is 9.10. The van der Waals surface area contributed by atoms with Crippen molar-refractivity contribution in [2.45, 2.75) is 25.4 Å². The summed E-state index contributed by atoms with van der Waals surface area (Å²) < 4.78 is 0.717. The molecule has 0 bridgehead atoms. The SMILES string of the molecule is O=C1CCC(NCc2ccc([N+](=O)[O-])cc2Br)CN1. The second-order valence-electron chi connectivity index (χ2n) is 4.45. The van der Waals surface area contributed by atoms with Gasteiger partial charge in [-0.3, -0.25) is 14.9 Å². The molecule has 0 spiro atoms. The summed E-state index contributed by atoms with van der Waals surface area (Å²) in [6, 6.07) is 4.97. The van der Waals surface area contributed by atoms with Crippen LogP contribution in [0.3, 0.4) is 0 Å². The number of non-ortho nitro benzene ring substituents is 1. The first kappa shape index (κ1) is 14.0. The van der Waals surface area contributed by atoms with Crippen LogP contribution in [0.25, 0.3) is 0 Å². The number of nitrogens with one attached hydrogen (secondary N) is 2. The van der Waals surface area contributed by atoms with Crippen LogP contribution < -0.4 is 10.6 Å². The summed E-state index contributed by atoms with van der Waals surface area (Å²) in [5, 5.41) is 16.8. The lowest BCUT2D eigenvalue weighted by Crippen LogP contribution is -2.45. The molecule has 1 aromatic carbocycles. The third-order valence-corrected chi connectivity index (χ3v) is 3.83. The van der Waals surface area contributed by atoms with Crippen molar-refractivity contribution in [2.24, 2.45) is 0 Å². The van der Waals surface area contributed by atoms with Crippen LogP contribution in [0.2, 0.25) is 0 Å². The fourth-order valence-electron chi connectivity index (χ4n) is 1.95. The van der Waals surface area contributed by atoms with Gasteiger partial charge in [0.1, 0.15) is 0 Å². The van der Waals surface area contributed by atoms with Crippen LogP contribution in [-0.4, -0.2) is 23.4 Å². The third kappa shape index (κ3) is 3.74. The topological polar surface area (TPSA) is 84.3 Å². The summed E-state index contributed by atoms with van der Waals surface area (Å²) in [6.45, 7) is 1.24. The molecule has 1 fully saturated rings. The van der Waals surface area contributed by atoms with Gasteiger partial charge in [-0.15, -0.1) is 0 Å². The van der Waals surface area contributed by atoms with E-state index in [2.05, 4.69) is 26.6 Å². The number of nitro groups is 1. The summed E-state index contributed by atoms with van der Waals surface area (Å²) in [6.07, 6.45) is 1.36. The molecule has 0 aromatic heterocycles. The maximum absolute atomic E-state index is 11.0. The predicted molar refractivity (Wildman–Crippen MR) is 73.7 cm³/mol. The first-order valence-electron chi connectivity index (χ1n) is 5.99. The number of halogens is 1. The van der Waals surface area contributed by atoms with Gasteiger partial charge in [0.05, 0.1) is 4.92 Å². The van der Waals surface area contributed by atoms with Crippen LogP contribution >= 0.6 is 15.9 Å². The minimum Gasteiger partial charge on any atom is -0.355 e. The van der Waals surface area contributed by atoms with Crippen LogP contribution in [-0.2, 0) is 11.3 Å². The van der Waals surface area contributed by atoms with Crippen molar-refractivity contribution in [3.8, 4) is 0 Å². The van der Waals surface area contributed by atoms with Crippen LogP contribution in [0, 0.1) is 10.1 Å². The number of benzene rings is 1. The Morgan fingerprint density at radius 3 is 2.89 bits per heavy atom. The van der Waals surface area contributed by atoms with Gasteiger partial charge in [-0.1, -0.05) is 15.9 Å². The molecule has 1 heterocycles. The molecule has 1 aliphatic rings. The predicted octanol–water partition coefficient (Wildman–Crippen LogP) is 1.73. The standard InChI is InChI=1S/C12H14BrN3O3/c13-11-5-10(16(18)19)3-1-8(11)6-14-9-2-4-12(17)15-7-9/h1,3,5,9,14H,2,4,6-7H2,(H,15,17). The second-order valence-corrected chi connectivity index (χ2v) is 5.31. The summed E-state index contributed by atoms with van der Waals surface area (Å²) in [4.78, 5) is 21.2. The number of carbonyl (C=O) groups excluding carboxylic acids is 1. The number of hydrogen-bond donors (Lipinski definition) is 2. The van der Waals surface area contributed by atoms with Crippen molar-refractivity contribution in [3.63, 3.8) is 0 Å². The van der Waals surface area contributed by atoms with Gasteiger partial charge >= 0.3 is 0 Å². The van der Waals surface area contributed by atoms with Crippen molar-refractivity contribution >= 4 is 27.5 Å². The number of rotatable bonds is 4. The van der Waals surface area contributed by atoms with Crippen LogP contribution in [0.15, 0.2) is 22.7 Å². The Bertz CT molecular complexity index is 497. The van der Waals surface area contributed by atoms with Gasteiger partial charge in [0, 0.05) is 42.2 Å². The fraction of sp³-hybridized carbons (Fsp3) is 0.417. The summed E-state index contributed by atoms with van der Waals surface area (Å²) >= 11 is 3.34. The van der Waals surface area contributed by atoms with Gasteiger partial charge in [0.15, 0.2) is 0 Å². The molecular formula is C12H14BrN3O3. The molecule has 19 heavy (non-hydrogen) atoms. The van der Waals surface area contributed by atoms with Crippen LogP contribution in [0.1, 0.15) is 18.4 Å². The Morgan fingerprint density at radius 2 is 2.32 bits per heavy atom. The molecule has 2 N–H and O–H groups in total. The molecule has 1 unspecified atom stereocenters. The summed E-state index contributed by atoms with van der Waals surface area (Å²) in [5.41, 5.74) is 1.03. The van der Waals surface area contributed by atoms with E-state index in [0.717, 1.165) is 12.0 Å². The smallest absolute Gasteiger partial charge is 0.270 e. The maximum Gasteiger partial charge on any atom is 0.270 e. The van der Waals surface area contributed by atoms with Crippen molar-refractivity contribution in [3.05, 3.63) is 38.3 Å². The third-order valence-electron chi connectivity index (χ3n) is 3.09. The van der Waals surface area contributed by atoms with E-state index in [4.69, 9.17) is 0 Å². The maximum atomic E-state index is 11.0. The second kappa shape index (κ2) is 6.12. The molecule has 1 aromatic rings. The van der Waals surface area contributed by atoms with Crippen LogP contribution in [0.5, 0.6) is 0 Å². The first-order valence-corrected chi connectivity index (χ1v) is 6.78. The molecular weight excluding hydrogens is 314 g/mol. The van der Waals surface area contributed by atoms with E-state index in [1.54, 1.807) is 6.07 Å². The Kier molecular flexibility index (Phi) is 4.49. The monoisotopic (exact) mass is 327 g/mol. The number of piperidine rings is 1. The molecule has 102 valence electrons. The highest BCUT2D eigenvalue weighted by atomic mass is 79.9. The molecule has 2 rings (SSSR count). The Hall–Kier alpha value is -1.47. The van der Waals surface area contributed by atoms with Crippen molar-refractivity contribution < 1.29 is 9.72 Å². The number of carbonyl (C=O) groups is 1. The molecule has 1 atom stereocenters. The molecule has 1 aliphatic heterocycles. The molecule has 0 radical (unpaired) electrons. The first-order chi connectivity index (χ1) is 9.06. The van der Waals surface area contributed by atoms with E-state index in [0.29, 0.717) is 24.0 Å². The van der Waals surface area contributed by atoms with Gasteiger partial charge in [-0.25, -0.2) is 0 Å².